The van der Waals surface area contributed by atoms with Gasteiger partial charge in [0, 0.05) is 18.8 Å². The van der Waals surface area contributed by atoms with Gasteiger partial charge in [0.05, 0.1) is 5.69 Å². The van der Waals surface area contributed by atoms with E-state index in [0.29, 0.717) is 6.04 Å². The second-order valence-corrected chi connectivity index (χ2v) is 7.24. The first-order valence-corrected chi connectivity index (χ1v) is 8.29. The van der Waals surface area contributed by atoms with E-state index >= 15 is 0 Å². The highest BCUT2D eigenvalue weighted by molar-refractivity contribution is 5.24. The second kappa shape index (κ2) is 5.51. The lowest BCUT2D eigenvalue weighted by Gasteiger charge is -2.24. The van der Waals surface area contributed by atoms with Gasteiger partial charge in [-0.2, -0.15) is 5.10 Å². The topological polar surface area (TPSA) is 43.8 Å². The van der Waals surface area contributed by atoms with Gasteiger partial charge in [-0.05, 0) is 75.7 Å². The molecule has 2 aliphatic rings. The average Bonchev–Trinajstić information content (AvgIpc) is 3.05. The van der Waals surface area contributed by atoms with Crippen molar-refractivity contribution in [3.63, 3.8) is 0 Å². The molecule has 0 saturated heterocycles. The Kier molecular flexibility index (Phi) is 3.89. The van der Waals surface area contributed by atoms with E-state index in [9.17, 15) is 0 Å². The number of aromatic nitrogens is 2. The molecule has 2 N–H and O–H groups in total. The number of hydrogen-bond acceptors (Lipinski definition) is 2. The summed E-state index contributed by atoms with van der Waals surface area (Å²) in [5, 5.41) is 4.50. The minimum Gasteiger partial charge on any atom is -0.328 e. The molecule has 4 atom stereocenters. The summed E-state index contributed by atoms with van der Waals surface area (Å²) >= 11 is 0. The Morgan fingerprint density at radius 3 is 2.65 bits per heavy atom. The predicted octanol–water partition coefficient (Wildman–Crippen LogP) is 3.12. The summed E-state index contributed by atoms with van der Waals surface area (Å²) in [6, 6.07) is 0.373. The molecule has 0 radical (unpaired) electrons. The van der Waals surface area contributed by atoms with E-state index in [-0.39, 0.29) is 0 Å². The third kappa shape index (κ3) is 2.65. The molecule has 112 valence electrons. The van der Waals surface area contributed by atoms with Gasteiger partial charge >= 0.3 is 0 Å². The zero-order chi connectivity index (χ0) is 14.3. The standard InChI is InChI=1S/C17H29N3/c1-11-17(12(2)20(3)19-11)7-6-16(18)10-15-9-13-4-5-14(15)8-13/h13-16H,4-10,18H2,1-3H3. The predicted molar refractivity (Wildman–Crippen MR) is 82.5 cm³/mol. The molecule has 2 saturated carbocycles. The number of aryl methyl sites for hydroxylation is 2. The average molecular weight is 275 g/mol. The summed E-state index contributed by atoms with van der Waals surface area (Å²) in [7, 11) is 2.03. The molecular weight excluding hydrogens is 246 g/mol. The smallest absolute Gasteiger partial charge is 0.0628 e. The largest absolute Gasteiger partial charge is 0.328 e. The third-order valence-electron chi connectivity index (χ3n) is 5.91. The first-order valence-electron chi connectivity index (χ1n) is 8.29. The van der Waals surface area contributed by atoms with Gasteiger partial charge in [-0.1, -0.05) is 6.42 Å². The van der Waals surface area contributed by atoms with Crippen LogP contribution in [0.15, 0.2) is 0 Å². The Morgan fingerprint density at radius 1 is 1.30 bits per heavy atom. The minimum absolute atomic E-state index is 0.373. The van der Waals surface area contributed by atoms with Gasteiger partial charge in [-0.25, -0.2) is 0 Å². The molecule has 0 aliphatic heterocycles. The van der Waals surface area contributed by atoms with Gasteiger partial charge in [0.2, 0.25) is 0 Å². The zero-order valence-electron chi connectivity index (χ0n) is 13.2. The van der Waals surface area contributed by atoms with Gasteiger partial charge < -0.3 is 5.73 Å². The molecule has 0 aromatic carbocycles. The molecule has 1 aromatic heterocycles. The Bertz CT molecular complexity index is 477. The van der Waals surface area contributed by atoms with E-state index in [0.717, 1.165) is 30.6 Å². The van der Waals surface area contributed by atoms with Crippen molar-refractivity contribution in [2.24, 2.45) is 30.5 Å². The maximum Gasteiger partial charge on any atom is 0.0628 e. The summed E-state index contributed by atoms with van der Waals surface area (Å²) in [6.07, 6.45) is 9.38. The van der Waals surface area contributed by atoms with Crippen LogP contribution in [-0.2, 0) is 13.5 Å². The first kappa shape index (κ1) is 14.1. The molecular formula is C17H29N3. The van der Waals surface area contributed by atoms with Gasteiger partial charge in [0.15, 0.2) is 0 Å². The van der Waals surface area contributed by atoms with Crippen molar-refractivity contribution >= 4 is 0 Å². The van der Waals surface area contributed by atoms with E-state index < -0.39 is 0 Å². The van der Waals surface area contributed by atoms with Crippen molar-refractivity contribution in [3.05, 3.63) is 17.0 Å². The molecule has 3 nitrogen and oxygen atoms in total. The summed E-state index contributed by atoms with van der Waals surface area (Å²) in [6.45, 7) is 4.28. The Labute approximate surface area is 122 Å². The molecule has 3 rings (SSSR count). The van der Waals surface area contributed by atoms with Crippen LogP contribution >= 0.6 is 0 Å². The molecule has 0 spiro atoms. The van der Waals surface area contributed by atoms with Crippen molar-refractivity contribution in [3.8, 4) is 0 Å². The van der Waals surface area contributed by atoms with Crippen LogP contribution in [0.2, 0.25) is 0 Å². The van der Waals surface area contributed by atoms with Crippen molar-refractivity contribution in [2.45, 2.75) is 64.8 Å². The SMILES string of the molecule is Cc1nn(C)c(C)c1CCC(N)CC1CC2CCC1C2. The monoisotopic (exact) mass is 275 g/mol. The van der Waals surface area contributed by atoms with Crippen molar-refractivity contribution < 1.29 is 0 Å². The van der Waals surface area contributed by atoms with E-state index in [4.69, 9.17) is 5.73 Å². The molecule has 0 amide bonds. The molecule has 2 aliphatic carbocycles. The quantitative estimate of drug-likeness (QED) is 0.897. The second-order valence-electron chi connectivity index (χ2n) is 7.24. The summed E-state index contributed by atoms with van der Waals surface area (Å²) in [5.41, 5.74) is 10.3. The Morgan fingerprint density at radius 2 is 2.10 bits per heavy atom. The van der Waals surface area contributed by atoms with E-state index in [2.05, 4.69) is 18.9 Å². The lowest BCUT2D eigenvalue weighted by Crippen LogP contribution is -2.26. The normalized spacial score (nSPS) is 30.1. The van der Waals surface area contributed by atoms with E-state index in [1.165, 1.54) is 49.1 Å². The summed E-state index contributed by atoms with van der Waals surface area (Å²) < 4.78 is 1.99. The third-order valence-corrected chi connectivity index (χ3v) is 5.91. The first-order chi connectivity index (χ1) is 9.54. The highest BCUT2D eigenvalue weighted by atomic mass is 15.3. The summed E-state index contributed by atoms with van der Waals surface area (Å²) in [4.78, 5) is 0. The van der Waals surface area contributed by atoms with Gasteiger partial charge in [0.25, 0.3) is 0 Å². The number of nitrogens with zero attached hydrogens (tertiary/aromatic N) is 2. The van der Waals surface area contributed by atoms with E-state index in [1.54, 1.807) is 0 Å². The molecule has 1 aromatic rings. The van der Waals surface area contributed by atoms with Crippen molar-refractivity contribution in [1.82, 2.24) is 9.78 Å². The van der Waals surface area contributed by atoms with Crippen LogP contribution in [0.25, 0.3) is 0 Å². The van der Waals surface area contributed by atoms with Crippen LogP contribution < -0.4 is 5.73 Å². The van der Waals surface area contributed by atoms with Crippen LogP contribution in [0.4, 0.5) is 0 Å². The van der Waals surface area contributed by atoms with Crippen LogP contribution in [0.5, 0.6) is 0 Å². The lowest BCUT2D eigenvalue weighted by molar-refractivity contribution is 0.290. The van der Waals surface area contributed by atoms with Crippen molar-refractivity contribution in [2.75, 3.05) is 0 Å². The molecule has 2 bridgehead atoms. The van der Waals surface area contributed by atoms with Crippen LogP contribution in [0, 0.1) is 31.6 Å². The molecule has 2 fully saturated rings. The fourth-order valence-corrected chi connectivity index (χ4v) is 4.68. The maximum absolute atomic E-state index is 6.41. The van der Waals surface area contributed by atoms with E-state index in [1.807, 2.05) is 11.7 Å². The Hall–Kier alpha value is -0.830. The van der Waals surface area contributed by atoms with Gasteiger partial charge in [-0.3, -0.25) is 4.68 Å². The molecule has 3 heteroatoms. The number of rotatable bonds is 5. The van der Waals surface area contributed by atoms with Crippen molar-refractivity contribution in [1.29, 1.82) is 0 Å². The molecule has 20 heavy (non-hydrogen) atoms. The van der Waals surface area contributed by atoms with Gasteiger partial charge in [-0.15, -0.1) is 0 Å². The van der Waals surface area contributed by atoms with Crippen LogP contribution in [0.1, 0.15) is 55.5 Å². The van der Waals surface area contributed by atoms with Crippen LogP contribution in [0.3, 0.4) is 0 Å². The maximum atomic E-state index is 6.41. The summed E-state index contributed by atoms with van der Waals surface area (Å²) in [5.74, 6) is 2.98. The zero-order valence-corrected chi connectivity index (χ0v) is 13.2. The fourth-order valence-electron chi connectivity index (χ4n) is 4.68. The Balaban J connectivity index is 1.51. The molecule has 1 heterocycles. The molecule has 4 unspecified atom stereocenters. The van der Waals surface area contributed by atoms with Crippen LogP contribution in [-0.4, -0.2) is 15.8 Å². The minimum atomic E-state index is 0.373. The number of fused-ring (bicyclic) bond motifs is 2. The number of hydrogen-bond donors (Lipinski definition) is 1. The van der Waals surface area contributed by atoms with Gasteiger partial charge in [0.1, 0.15) is 0 Å². The highest BCUT2D eigenvalue weighted by Gasteiger charge is 2.39. The lowest BCUT2D eigenvalue weighted by atomic mass is 9.83. The fraction of sp³-hybridized carbons (Fsp3) is 0.824. The number of nitrogens with two attached hydrogens (primary N) is 1. The highest BCUT2D eigenvalue weighted by Crippen LogP contribution is 2.49.